The molecule has 7 nitrogen and oxygen atoms in total. The number of nitrogen functional groups attached to an aromatic ring is 1. The average molecular weight is 212 g/mol. The fourth-order valence-corrected chi connectivity index (χ4v) is 1.58. The van der Waals surface area contributed by atoms with Gasteiger partial charge in [0.2, 0.25) is 5.95 Å². The summed E-state index contributed by atoms with van der Waals surface area (Å²) >= 11 is 0. The lowest BCUT2D eigenvalue weighted by molar-refractivity contribution is -0.0250. The number of nitrogens with two attached hydrogens (primary N) is 1. The Kier molecular flexibility index (Phi) is 2.65. The van der Waals surface area contributed by atoms with Crippen molar-refractivity contribution in [2.24, 2.45) is 0 Å². The van der Waals surface area contributed by atoms with Gasteiger partial charge in [0.15, 0.2) is 0 Å². The third-order valence-electron chi connectivity index (χ3n) is 2.34. The van der Waals surface area contributed by atoms with E-state index in [1.165, 1.54) is 10.9 Å². The summed E-state index contributed by atoms with van der Waals surface area (Å²) in [6.45, 7) is -0.0406. The van der Waals surface area contributed by atoms with Crippen molar-refractivity contribution in [2.75, 3.05) is 12.3 Å². The van der Waals surface area contributed by atoms with E-state index in [2.05, 4.69) is 9.97 Å². The second-order valence-electron chi connectivity index (χ2n) is 3.38. The minimum Gasteiger partial charge on any atom is -0.394 e. The van der Waals surface area contributed by atoms with Gasteiger partial charge in [-0.25, -0.2) is 9.78 Å². The molecule has 2 atom stereocenters. The Hall–Kier alpha value is -1.47. The molecule has 0 unspecified atom stereocenters. The first kappa shape index (κ1) is 10.1. The topological polar surface area (TPSA) is 103 Å². The van der Waals surface area contributed by atoms with E-state index in [1.807, 2.05) is 0 Å². The Bertz CT molecular complexity index is 405. The molecule has 0 aliphatic carbocycles. The van der Waals surface area contributed by atoms with Gasteiger partial charge >= 0.3 is 5.69 Å². The summed E-state index contributed by atoms with van der Waals surface area (Å²) in [5, 5.41) is 8.88. The van der Waals surface area contributed by atoms with Gasteiger partial charge in [-0.15, -0.1) is 0 Å². The molecule has 0 bridgehead atoms. The van der Waals surface area contributed by atoms with Gasteiger partial charge in [0.1, 0.15) is 12.6 Å². The molecule has 0 amide bonds. The van der Waals surface area contributed by atoms with Crippen LogP contribution in [0, 0.1) is 0 Å². The summed E-state index contributed by atoms with van der Waals surface area (Å²) in [5.41, 5.74) is 4.78. The van der Waals surface area contributed by atoms with Crippen molar-refractivity contribution in [3.05, 3.63) is 16.8 Å². The number of ether oxygens (including phenoxy) is 1. The smallest absolute Gasteiger partial charge is 0.354 e. The number of hydrogen-bond donors (Lipinski definition) is 2. The number of anilines is 1. The molecule has 3 N–H and O–H groups in total. The van der Waals surface area contributed by atoms with Crippen molar-refractivity contribution in [1.82, 2.24) is 14.5 Å². The number of hydrogen-bond acceptors (Lipinski definition) is 6. The molecule has 1 saturated heterocycles. The van der Waals surface area contributed by atoms with Crippen molar-refractivity contribution in [2.45, 2.75) is 25.2 Å². The highest BCUT2D eigenvalue weighted by Gasteiger charge is 2.26. The van der Waals surface area contributed by atoms with Crippen LogP contribution in [0.3, 0.4) is 0 Å². The molecule has 1 fully saturated rings. The summed E-state index contributed by atoms with van der Waals surface area (Å²) in [6.07, 6.45) is 2.10. The highest BCUT2D eigenvalue weighted by atomic mass is 16.5. The molecule has 0 radical (unpaired) electrons. The van der Waals surface area contributed by atoms with E-state index in [4.69, 9.17) is 15.6 Å². The van der Waals surface area contributed by atoms with Gasteiger partial charge in [-0.3, -0.25) is 4.57 Å². The maximum atomic E-state index is 11.4. The molecule has 0 spiro atoms. The predicted molar refractivity (Wildman–Crippen MR) is 50.9 cm³/mol. The van der Waals surface area contributed by atoms with E-state index in [1.54, 1.807) is 0 Å². The number of aliphatic hydroxyl groups excluding tert-OH is 1. The highest BCUT2D eigenvalue weighted by Crippen LogP contribution is 2.26. The number of aromatic nitrogens is 3. The lowest BCUT2D eigenvalue weighted by Gasteiger charge is -2.13. The van der Waals surface area contributed by atoms with Crippen molar-refractivity contribution in [3.8, 4) is 0 Å². The standard InChI is InChI=1S/C8H12N4O3/c9-7-10-4-12(8(14)11-7)6-2-1-5(3-13)15-6/h4-6,13H,1-3H2,(H2,9,11,14)/t5-,6+/m0/s1. The molecule has 1 aromatic rings. The third-order valence-corrected chi connectivity index (χ3v) is 2.34. The molecular weight excluding hydrogens is 200 g/mol. The second-order valence-corrected chi connectivity index (χ2v) is 3.38. The number of rotatable bonds is 2. The van der Waals surface area contributed by atoms with Gasteiger partial charge in [-0.2, -0.15) is 4.98 Å². The Morgan fingerprint density at radius 2 is 2.47 bits per heavy atom. The molecule has 1 aliphatic heterocycles. The first-order valence-electron chi connectivity index (χ1n) is 4.67. The van der Waals surface area contributed by atoms with E-state index < -0.39 is 11.9 Å². The Morgan fingerprint density at radius 1 is 1.67 bits per heavy atom. The van der Waals surface area contributed by atoms with Crippen LogP contribution in [0.5, 0.6) is 0 Å². The van der Waals surface area contributed by atoms with Crippen LogP contribution in [0.25, 0.3) is 0 Å². The maximum absolute atomic E-state index is 11.4. The van der Waals surface area contributed by atoms with Crippen LogP contribution >= 0.6 is 0 Å². The highest BCUT2D eigenvalue weighted by molar-refractivity contribution is 5.09. The van der Waals surface area contributed by atoms with Crippen LogP contribution in [0.1, 0.15) is 19.1 Å². The fourth-order valence-electron chi connectivity index (χ4n) is 1.58. The summed E-state index contributed by atoms with van der Waals surface area (Å²) in [7, 11) is 0. The molecule has 0 saturated carbocycles. The quantitative estimate of drug-likeness (QED) is 0.644. The molecule has 15 heavy (non-hydrogen) atoms. The Balaban J connectivity index is 2.20. The third kappa shape index (κ3) is 1.97. The van der Waals surface area contributed by atoms with E-state index in [0.29, 0.717) is 6.42 Å². The van der Waals surface area contributed by atoms with Crippen LogP contribution < -0.4 is 11.4 Å². The van der Waals surface area contributed by atoms with Crippen LogP contribution in [0.4, 0.5) is 5.95 Å². The minimum absolute atomic E-state index is 0.0406. The molecule has 1 aromatic heterocycles. The molecule has 0 aromatic carbocycles. The van der Waals surface area contributed by atoms with Crippen LogP contribution in [-0.2, 0) is 4.74 Å². The number of nitrogens with zero attached hydrogens (tertiary/aromatic N) is 3. The number of aliphatic hydroxyl groups is 1. The molecule has 2 rings (SSSR count). The van der Waals surface area contributed by atoms with Gasteiger partial charge in [-0.05, 0) is 12.8 Å². The van der Waals surface area contributed by atoms with Crippen molar-refractivity contribution in [1.29, 1.82) is 0 Å². The first-order chi connectivity index (χ1) is 7.20. The summed E-state index contributed by atoms with van der Waals surface area (Å²) in [4.78, 5) is 18.6. The van der Waals surface area contributed by atoms with Gasteiger partial charge in [-0.1, -0.05) is 0 Å². The largest absolute Gasteiger partial charge is 0.394 e. The zero-order valence-corrected chi connectivity index (χ0v) is 8.04. The van der Waals surface area contributed by atoms with Gasteiger partial charge in [0, 0.05) is 0 Å². The molecule has 82 valence electrons. The monoisotopic (exact) mass is 212 g/mol. The van der Waals surface area contributed by atoms with E-state index in [9.17, 15) is 4.79 Å². The summed E-state index contributed by atoms with van der Waals surface area (Å²) in [6, 6.07) is 0. The van der Waals surface area contributed by atoms with E-state index in [-0.39, 0.29) is 18.7 Å². The summed E-state index contributed by atoms with van der Waals surface area (Å²) in [5.74, 6) is -0.0482. The molecule has 1 aliphatic rings. The van der Waals surface area contributed by atoms with Crippen LogP contribution in [0.2, 0.25) is 0 Å². The second kappa shape index (κ2) is 3.95. The van der Waals surface area contributed by atoms with Crippen molar-refractivity contribution in [3.63, 3.8) is 0 Å². The van der Waals surface area contributed by atoms with Crippen LogP contribution in [-0.4, -0.2) is 32.4 Å². The lowest BCUT2D eigenvalue weighted by atomic mass is 10.2. The first-order valence-corrected chi connectivity index (χ1v) is 4.67. The molecule has 2 heterocycles. The van der Waals surface area contributed by atoms with Gasteiger partial charge < -0.3 is 15.6 Å². The lowest BCUT2D eigenvalue weighted by Crippen LogP contribution is -2.28. The van der Waals surface area contributed by atoms with E-state index >= 15 is 0 Å². The van der Waals surface area contributed by atoms with Gasteiger partial charge in [0.25, 0.3) is 0 Å². The van der Waals surface area contributed by atoms with Crippen molar-refractivity contribution >= 4 is 5.95 Å². The summed E-state index contributed by atoms with van der Waals surface area (Å²) < 4.78 is 6.69. The normalized spacial score (nSPS) is 25.7. The Morgan fingerprint density at radius 3 is 3.07 bits per heavy atom. The minimum atomic E-state index is -0.480. The molecule has 7 heteroatoms. The predicted octanol–water partition coefficient (Wildman–Crippen LogP) is -1.11. The van der Waals surface area contributed by atoms with E-state index in [0.717, 1.165) is 6.42 Å². The maximum Gasteiger partial charge on any atom is 0.354 e. The zero-order valence-electron chi connectivity index (χ0n) is 8.04. The fraction of sp³-hybridized carbons (Fsp3) is 0.625. The van der Waals surface area contributed by atoms with Crippen molar-refractivity contribution < 1.29 is 9.84 Å². The Labute approximate surface area is 85.5 Å². The SMILES string of the molecule is Nc1ncn([C@H]2CC[C@@H](CO)O2)c(=O)n1. The zero-order chi connectivity index (χ0) is 10.8. The van der Waals surface area contributed by atoms with Crippen LogP contribution in [0.15, 0.2) is 11.1 Å². The average Bonchev–Trinajstić information content (AvgIpc) is 2.66. The molecular formula is C8H12N4O3. The van der Waals surface area contributed by atoms with Gasteiger partial charge in [0.05, 0.1) is 12.7 Å².